The maximum absolute atomic E-state index is 12.8. The Morgan fingerprint density at radius 1 is 1.41 bits per heavy atom. The third kappa shape index (κ3) is 3.33. The number of amides is 1. The van der Waals surface area contributed by atoms with Gasteiger partial charge in [-0.1, -0.05) is 0 Å². The standard InChI is InChI=1S/C10H9F4NO2/c1-5(10(12,13)14)17-8-3-2-6(11)4-7(8)9(15)16/h2-5H,1H3,(H2,15,16)/t5-/m0/s1. The number of benzene rings is 1. The lowest BCUT2D eigenvalue weighted by molar-refractivity contribution is -0.189. The summed E-state index contributed by atoms with van der Waals surface area (Å²) in [6, 6.07) is 2.53. The third-order valence-electron chi connectivity index (χ3n) is 1.97. The Kier molecular flexibility index (Phi) is 3.59. The fraction of sp³-hybridized carbons (Fsp3) is 0.300. The molecule has 0 aliphatic rings. The maximum Gasteiger partial charge on any atom is 0.425 e. The molecular weight excluding hydrogens is 242 g/mol. The summed E-state index contributed by atoms with van der Waals surface area (Å²) in [5.41, 5.74) is 4.47. The van der Waals surface area contributed by atoms with Crippen LogP contribution >= 0.6 is 0 Å². The van der Waals surface area contributed by atoms with E-state index in [1.165, 1.54) is 0 Å². The molecule has 0 unspecified atom stereocenters. The van der Waals surface area contributed by atoms with E-state index in [9.17, 15) is 22.4 Å². The monoisotopic (exact) mass is 251 g/mol. The first-order valence-electron chi connectivity index (χ1n) is 4.54. The molecule has 1 amide bonds. The summed E-state index contributed by atoms with van der Waals surface area (Å²) >= 11 is 0. The van der Waals surface area contributed by atoms with Gasteiger partial charge in [0.15, 0.2) is 6.10 Å². The number of carbonyl (C=O) groups excluding carboxylic acids is 1. The average Bonchev–Trinajstić information content (AvgIpc) is 2.18. The van der Waals surface area contributed by atoms with Crippen molar-refractivity contribution in [2.75, 3.05) is 0 Å². The van der Waals surface area contributed by atoms with Crippen LogP contribution in [-0.2, 0) is 0 Å². The highest BCUT2D eigenvalue weighted by Gasteiger charge is 2.38. The van der Waals surface area contributed by atoms with Crippen LogP contribution in [0.5, 0.6) is 5.75 Å². The van der Waals surface area contributed by atoms with Crippen LogP contribution in [0.15, 0.2) is 18.2 Å². The Morgan fingerprint density at radius 3 is 2.47 bits per heavy atom. The van der Waals surface area contributed by atoms with E-state index in [-0.39, 0.29) is 0 Å². The van der Waals surface area contributed by atoms with Crippen LogP contribution in [0.25, 0.3) is 0 Å². The Labute approximate surface area is 94.2 Å². The third-order valence-corrected chi connectivity index (χ3v) is 1.97. The van der Waals surface area contributed by atoms with Gasteiger partial charge >= 0.3 is 6.18 Å². The summed E-state index contributed by atoms with van der Waals surface area (Å²) in [7, 11) is 0. The molecule has 0 bridgehead atoms. The maximum atomic E-state index is 12.8. The molecule has 17 heavy (non-hydrogen) atoms. The molecule has 0 aromatic heterocycles. The lowest BCUT2D eigenvalue weighted by Crippen LogP contribution is -2.32. The smallest absolute Gasteiger partial charge is 0.425 e. The molecule has 94 valence electrons. The second-order valence-electron chi connectivity index (χ2n) is 3.31. The van der Waals surface area contributed by atoms with Gasteiger partial charge in [-0.25, -0.2) is 4.39 Å². The van der Waals surface area contributed by atoms with Crippen molar-refractivity contribution < 1.29 is 27.1 Å². The highest BCUT2D eigenvalue weighted by Crippen LogP contribution is 2.27. The minimum atomic E-state index is -4.58. The van der Waals surface area contributed by atoms with Crippen molar-refractivity contribution in [3.8, 4) is 5.75 Å². The van der Waals surface area contributed by atoms with Gasteiger partial charge < -0.3 is 10.5 Å². The highest BCUT2D eigenvalue weighted by atomic mass is 19.4. The van der Waals surface area contributed by atoms with Gasteiger partial charge in [0, 0.05) is 0 Å². The van der Waals surface area contributed by atoms with Gasteiger partial charge in [-0.3, -0.25) is 4.79 Å². The van der Waals surface area contributed by atoms with Gasteiger partial charge in [-0.15, -0.1) is 0 Å². The molecule has 7 heteroatoms. The van der Waals surface area contributed by atoms with Gasteiger partial charge in [0.25, 0.3) is 5.91 Å². The molecule has 0 saturated carbocycles. The quantitative estimate of drug-likeness (QED) is 0.837. The number of carbonyl (C=O) groups is 1. The number of alkyl halides is 3. The number of nitrogens with two attached hydrogens (primary N) is 1. The molecule has 1 aromatic rings. The van der Waals surface area contributed by atoms with E-state index in [1.54, 1.807) is 0 Å². The molecule has 1 aromatic carbocycles. The van der Waals surface area contributed by atoms with E-state index in [0.717, 1.165) is 25.1 Å². The summed E-state index contributed by atoms with van der Waals surface area (Å²) in [6.45, 7) is 0.772. The van der Waals surface area contributed by atoms with Crippen LogP contribution in [0, 0.1) is 5.82 Å². The average molecular weight is 251 g/mol. The number of rotatable bonds is 3. The van der Waals surface area contributed by atoms with Crippen LogP contribution in [-0.4, -0.2) is 18.2 Å². The molecule has 0 aliphatic heterocycles. The van der Waals surface area contributed by atoms with Gasteiger partial charge in [-0.2, -0.15) is 13.2 Å². The Morgan fingerprint density at radius 2 is 2.00 bits per heavy atom. The first-order valence-corrected chi connectivity index (χ1v) is 4.54. The number of hydrogen-bond acceptors (Lipinski definition) is 2. The van der Waals surface area contributed by atoms with Crippen LogP contribution in [0.4, 0.5) is 17.6 Å². The fourth-order valence-electron chi connectivity index (χ4n) is 1.05. The lowest BCUT2D eigenvalue weighted by atomic mass is 10.2. The zero-order valence-electron chi connectivity index (χ0n) is 8.72. The Hall–Kier alpha value is -1.79. The molecule has 0 aliphatic carbocycles. The predicted molar refractivity (Wildman–Crippen MR) is 51.1 cm³/mol. The van der Waals surface area contributed by atoms with Crippen molar-refractivity contribution in [2.45, 2.75) is 19.2 Å². The van der Waals surface area contributed by atoms with Gasteiger partial charge in [0.05, 0.1) is 5.56 Å². The number of hydrogen-bond donors (Lipinski definition) is 1. The topological polar surface area (TPSA) is 52.3 Å². The van der Waals surface area contributed by atoms with Crippen molar-refractivity contribution in [3.05, 3.63) is 29.6 Å². The zero-order valence-corrected chi connectivity index (χ0v) is 8.72. The van der Waals surface area contributed by atoms with Gasteiger partial charge in [0.2, 0.25) is 0 Å². The molecule has 0 saturated heterocycles. The molecule has 0 spiro atoms. The minimum Gasteiger partial charge on any atom is -0.480 e. The molecule has 0 fully saturated rings. The number of primary amides is 1. The zero-order chi connectivity index (χ0) is 13.2. The van der Waals surface area contributed by atoms with Crippen LogP contribution < -0.4 is 10.5 Å². The summed E-state index contributed by atoms with van der Waals surface area (Å²) in [4.78, 5) is 10.9. The second kappa shape index (κ2) is 4.60. The van der Waals surface area contributed by atoms with Crippen molar-refractivity contribution in [1.82, 2.24) is 0 Å². The summed E-state index contributed by atoms with van der Waals surface area (Å²) < 4.78 is 54.0. The predicted octanol–water partition coefficient (Wildman–Crippen LogP) is 2.25. The largest absolute Gasteiger partial charge is 0.480 e. The molecule has 3 nitrogen and oxygen atoms in total. The van der Waals surface area contributed by atoms with Crippen LogP contribution in [0.2, 0.25) is 0 Å². The van der Waals surface area contributed by atoms with Crippen molar-refractivity contribution in [2.24, 2.45) is 5.73 Å². The van der Waals surface area contributed by atoms with E-state index in [4.69, 9.17) is 5.73 Å². The number of halogens is 4. The Bertz CT molecular complexity index is 431. The first kappa shape index (κ1) is 13.3. The van der Waals surface area contributed by atoms with Crippen molar-refractivity contribution in [3.63, 3.8) is 0 Å². The molecule has 0 heterocycles. The summed E-state index contributed by atoms with van der Waals surface area (Å²) in [5, 5.41) is 0. The van der Waals surface area contributed by atoms with Crippen molar-refractivity contribution in [1.29, 1.82) is 0 Å². The summed E-state index contributed by atoms with van der Waals surface area (Å²) in [6.07, 6.45) is -6.70. The molecule has 1 atom stereocenters. The second-order valence-corrected chi connectivity index (χ2v) is 3.31. The van der Waals surface area contributed by atoms with Crippen molar-refractivity contribution >= 4 is 5.91 Å². The lowest BCUT2D eigenvalue weighted by Gasteiger charge is -2.18. The SMILES string of the molecule is C[C@H](Oc1ccc(F)cc1C(N)=O)C(F)(F)F. The van der Waals surface area contributed by atoms with E-state index < -0.39 is 35.3 Å². The van der Waals surface area contributed by atoms with Gasteiger partial charge in [0.1, 0.15) is 11.6 Å². The van der Waals surface area contributed by atoms with Crippen LogP contribution in [0.3, 0.4) is 0 Å². The molecular formula is C10H9F4NO2. The van der Waals surface area contributed by atoms with E-state index >= 15 is 0 Å². The van der Waals surface area contributed by atoms with E-state index in [2.05, 4.69) is 4.74 Å². The van der Waals surface area contributed by atoms with Crippen LogP contribution in [0.1, 0.15) is 17.3 Å². The van der Waals surface area contributed by atoms with E-state index in [0.29, 0.717) is 0 Å². The number of ether oxygens (including phenoxy) is 1. The first-order chi connectivity index (χ1) is 7.71. The van der Waals surface area contributed by atoms with E-state index in [1.807, 2.05) is 0 Å². The normalized spacial score (nSPS) is 13.2. The Balaban J connectivity index is 3.03. The molecule has 0 radical (unpaired) electrons. The fourth-order valence-corrected chi connectivity index (χ4v) is 1.05. The minimum absolute atomic E-state index is 0.399. The molecule has 2 N–H and O–H groups in total. The summed E-state index contributed by atoms with van der Waals surface area (Å²) in [5.74, 6) is -2.25. The highest BCUT2D eigenvalue weighted by molar-refractivity contribution is 5.95. The van der Waals surface area contributed by atoms with Gasteiger partial charge in [-0.05, 0) is 25.1 Å². The molecule has 1 rings (SSSR count).